The van der Waals surface area contributed by atoms with E-state index < -0.39 is 0 Å². The van der Waals surface area contributed by atoms with Gasteiger partial charge in [0.05, 0.1) is 5.39 Å². The van der Waals surface area contributed by atoms with Crippen molar-refractivity contribution in [1.82, 2.24) is 14.5 Å². The third-order valence-corrected chi connectivity index (χ3v) is 5.57. The number of fused-ring (bicyclic) bond motifs is 2. The first-order valence-corrected chi connectivity index (χ1v) is 8.84. The van der Waals surface area contributed by atoms with Crippen molar-refractivity contribution in [3.63, 3.8) is 0 Å². The highest BCUT2D eigenvalue weighted by molar-refractivity contribution is 7.16. The minimum Gasteiger partial charge on any atom is -0.351 e. The van der Waals surface area contributed by atoms with Crippen LogP contribution in [0.1, 0.15) is 30.0 Å². The minimum absolute atomic E-state index is 0.155. The number of pyridine rings is 1. The zero-order valence-electron chi connectivity index (χ0n) is 12.6. The van der Waals surface area contributed by atoms with Crippen molar-refractivity contribution >= 4 is 27.4 Å². The number of anilines is 1. The van der Waals surface area contributed by atoms with E-state index in [2.05, 4.69) is 32.5 Å². The Balaban J connectivity index is 1.55. The van der Waals surface area contributed by atoms with Gasteiger partial charge in [-0.3, -0.25) is 4.79 Å². The standard InChI is InChI=1S/C17H16N4OS/c22-15-7-11-3-5-20(8-12(11)9-21(15)13-1-2-13)16-14-4-6-23-17(14)19-10-18-16/h4,6-7,9-10,13H,1-3,5,8H2. The van der Waals surface area contributed by atoms with Gasteiger partial charge in [-0.2, -0.15) is 0 Å². The predicted octanol–water partition coefficient (Wildman–Crippen LogP) is 2.75. The Bertz CT molecular complexity index is 957. The lowest BCUT2D eigenvalue weighted by molar-refractivity contribution is 0.661. The summed E-state index contributed by atoms with van der Waals surface area (Å²) in [6, 6.07) is 4.35. The van der Waals surface area contributed by atoms with Gasteiger partial charge in [0, 0.05) is 31.4 Å². The van der Waals surface area contributed by atoms with Crippen molar-refractivity contribution in [3.05, 3.63) is 51.5 Å². The van der Waals surface area contributed by atoms with Crippen LogP contribution in [0.15, 0.2) is 34.8 Å². The predicted molar refractivity (Wildman–Crippen MR) is 91.1 cm³/mol. The van der Waals surface area contributed by atoms with Gasteiger partial charge >= 0.3 is 0 Å². The molecule has 0 unspecified atom stereocenters. The second-order valence-corrected chi connectivity index (χ2v) is 7.20. The highest BCUT2D eigenvalue weighted by Crippen LogP contribution is 2.35. The van der Waals surface area contributed by atoms with E-state index in [1.807, 2.05) is 10.6 Å². The number of hydrogen-bond acceptors (Lipinski definition) is 5. The third kappa shape index (κ3) is 2.16. The molecule has 3 aromatic rings. The van der Waals surface area contributed by atoms with Crippen molar-refractivity contribution in [2.24, 2.45) is 0 Å². The van der Waals surface area contributed by atoms with Crippen molar-refractivity contribution < 1.29 is 0 Å². The molecule has 6 heteroatoms. The van der Waals surface area contributed by atoms with Gasteiger partial charge in [0.25, 0.3) is 5.56 Å². The van der Waals surface area contributed by atoms with Crippen LogP contribution in [-0.2, 0) is 13.0 Å². The Hall–Kier alpha value is -2.21. The Kier molecular flexibility index (Phi) is 2.82. The van der Waals surface area contributed by atoms with Gasteiger partial charge in [-0.05, 0) is 41.8 Å². The largest absolute Gasteiger partial charge is 0.351 e. The molecule has 5 nitrogen and oxygen atoms in total. The molecule has 0 bridgehead atoms. The average Bonchev–Trinajstić information content (AvgIpc) is 3.29. The molecule has 0 saturated heterocycles. The maximum Gasteiger partial charge on any atom is 0.251 e. The van der Waals surface area contributed by atoms with Crippen molar-refractivity contribution in [1.29, 1.82) is 0 Å². The van der Waals surface area contributed by atoms with E-state index in [1.54, 1.807) is 17.7 Å². The molecule has 5 rings (SSSR count). The van der Waals surface area contributed by atoms with Gasteiger partial charge < -0.3 is 9.47 Å². The highest BCUT2D eigenvalue weighted by Gasteiger charge is 2.27. The van der Waals surface area contributed by atoms with Crippen LogP contribution in [-0.4, -0.2) is 21.1 Å². The van der Waals surface area contributed by atoms with Gasteiger partial charge in [0.1, 0.15) is 17.0 Å². The van der Waals surface area contributed by atoms with Gasteiger partial charge in [-0.25, -0.2) is 9.97 Å². The molecule has 0 spiro atoms. The summed E-state index contributed by atoms with van der Waals surface area (Å²) in [5, 5.41) is 3.18. The number of aromatic nitrogens is 3. The molecule has 0 aromatic carbocycles. The zero-order chi connectivity index (χ0) is 15.4. The first-order chi connectivity index (χ1) is 11.3. The summed E-state index contributed by atoms with van der Waals surface area (Å²) in [4.78, 5) is 24.4. The van der Waals surface area contributed by atoms with Crippen molar-refractivity contribution in [2.75, 3.05) is 11.4 Å². The summed E-state index contributed by atoms with van der Waals surface area (Å²) in [6.45, 7) is 1.70. The normalized spacial score (nSPS) is 17.5. The van der Waals surface area contributed by atoms with E-state index in [0.717, 1.165) is 48.4 Å². The van der Waals surface area contributed by atoms with Crippen molar-refractivity contribution in [3.8, 4) is 0 Å². The third-order valence-electron chi connectivity index (χ3n) is 4.75. The Morgan fingerprint density at radius 3 is 3.00 bits per heavy atom. The maximum absolute atomic E-state index is 12.2. The molecular formula is C17H16N4OS. The first-order valence-electron chi connectivity index (χ1n) is 7.97. The van der Waals surface area contributed by atoms with Crippen LogP contribution >= 0.6 is 11.3 Å². The number of nitrogens with zero attached hydrogens (tertiary/aromatic N) is 4. The van der Waals surface area contributed by atoms with E-state index in [9.17, 15) is 4.79 Å². The van der Waals surface area contributed by atoms with Crippen molar-refractivity contribution in [2.45, 2.75) is 31.8 Å². The Morgan fingerprint density at radius 1 is 1.22 bits per heavy atom. The van der Waals surface area contributed by atoms with Crippen LogP contribution in [0, 0.1) is 0 Å². The molecule has 0 N–H and O–H groups in total. The second kappa shape index (κ2) is 4.89. The van der Waals surface area contributed by atoms with Crippen LogP contribution < -0.4 is 10.5 Å². The van der Waals surface area contributed by atoms with Crippen LogP contribution in [0.25, 0.3) is 10.2 Å². The fourth-order valence-corrected chi connectivity index (χ4v) is 4.12. The molecule has 0 amide bonds. The summed E-state index contributed by atoms with van der Waals surface area (Å²) < 4.78 is 1.92. The van der Waals surface area contributed by atoms with E-state index in [1.165, 1.54) is 11.1 Å². The Labute approximate surface area is 137 Å². The monoisotopic (exact) mass is 324 g/mol. The van der Waals surface area contributed by atoms with Gasteiger partial charge in [0.2, 0.25) is 0 Å². The SMILES string of the molecule is O=c1cc2c(cn1C1CC1)CN(c1ncnc3sccc13)CC2. The van der Waals surface area contributed by atoms with Crippen LogP contribution in [0.4, 0.5) is 5.82 Å². The van der Waals surface area contributed by atoms with Crippen LogP contribution in [0.5, 0.6) is 0 Å². The zero-order valence-corrected chi connectivity index (χ0v) is 13.4. The molecule has 116 valence electrons. The second-order valence-electron chi connectivity index (χ2n) is 6.31. The lowest BCUT2D eigenvalue weighted by atomic mass is 10.0. The summed E-state index contributed by atoms with van der Waals surface area (Å²) >= 11 is 1.64. The molecule has 4 heterocycles. The van der Waals surface area contributed by atoms with Crippen LogP contribution in [0.3, 0.4) is 0 Å². The topological polar surface area (TPSA) is 51.0 Å². The molecule has 1 saturated carbocycles. The minimum atomic E-state index is 0.155. The fraction of sp³-hybridized carbons (Fsp3) is 0.353. The molecule has 1 aliphatic heterocycles. The first kappa shape index (κ1) is 13.2. The molecular weight excluding hydrogens is 308 g/mol. The van der Waals surface area contributed by atoms with E-state index >= 15 is 0 Å². The number of hydrogen-bond donors (Lipinski definition) is 0. The maximum atomic E-state index is 12.2. The molecule has 1 fully saturated rings. The van der Waals surface area contributed by atoms with Gasteiger partial charge in [-0.15, -0.1) is 11.3 Å². The van der Waals surface area contributed by atoms with E-state index in [-0.39, 0.29) is 5.56 Å². The lowest BCUT2D eigenvalue weighted by Gasteiger charge is -2.30. The quantitative estimate of drug-likeness (QED) is 0.727. The summed E-state index contributed by atoms with van der Waals surface area (Å²) in [6.07, 6.45) is 6.88. The molecule has 3 aromatic heterocycles. The van der Waals surface area contributed by atoms with Gasteiger partial charge in [0.15, 0.2) is 0 Å². The number of thiophene rings is 1. The summed E-state index contributed by atoms with van der Waals surface area (Å²) in [5.74, 6) is 1.01. The molecule has 0 atom stereocenters. The van der Waals surface area contributed by atoms with E-state index in [4.69, 9.17) is 0 Å². The summed E-state index contributed by atoms with van der Waals surface area (Å²) in [5.41, 5.74) is 2.60. The molecule has 23 heavy (non-hydrogen) atoms. The van der Waals surface area contributed by atoms with Gasteiger partial charge in [-0.1, -0.05) is 0 Å². The molecule has 1 aliphatic carbocycles. The summed E-state index contributed by atoms with van der Waals surface area (Å²) in [7, 11) is 0. The van der Waals surface area contributed by atoms with Crippen LogP contribution in [0.2, 0.25) is 0 Å². The molecule has 2 aliphatic rings. The smallest absolute Gasteiger partial charge is 0.251 e. The molecule has 0 radical (unpaired) electrons. The number of rotatable bonds is 2. The Morgan fingerprint density at radius 2 is 2.13 bits per heavy atom. The average molecular weight is 324 g/mol. The van der Waals surface area contributed by atoms with E-state index in [0.29, 0.717) is 6.04 Å². The fourth-order valence-electron chi connectivity index (χ4n) is 3.39. The highest BCUT2D eigenvalue weighted by atomic mass is 32.1. The lowest BCUT2D eigenvalue weighted by Crippen LogP contribution is -2.33.